The molecular weight excluding hydrogens is 457 g/mol. The number of nitrogens with one attached hydrogen (secondary N) is 2. The average molecular weight is 484 g/mol. The second-order valence-corrected chi connectivity index (χ2v) is 8.18. The summed E-state index contributed by atoms with van der Waals surface area (Å²) in [5.74, 6) is 0.415. The molecule has 0 unspecified atom stereocenters. The Morgan fingerprint density at radius 2 is 1.88 bits per heavy atom. The van der Waals surface area contributed by atoms with E-state index in [1.54, 1.807) is 41.8 Å². The van der Waals surface area contributed by atoms with Crippen LogP contribution in [0.3, 0.4) is 0 Å². The van der Waals surface area contributed by atoms with Crippen LogP contribution in [0.25, 0.3) is 0 Å². The molecule has 0 saturated carbocycles. The molecule has 0 aliphatic carbocycles. The number of allylic oxidation sites excluding steroid dienone is 1. The first-order valence-electron chi connectivity index (χ1n) is 10.7. The number of anilines is 1. The van der Waals surface area contributed by atoms with Gasteiger partial charge in [-0.2, -0.15) is 0 Å². The van der Waals surface area contributed by atoms with Crippen LogP contribution in [0.5, 0.6) is 5.75 Å². The van der Waals surface area contributed by atoms with Crippen molar-refractivity contribution in [2.24, 2.45) is 0 Å². The molecule has 0 aliphatic heterocycles. The predicted octanol–water partition coefficient (Wildman–Crippen LogP) is 4.22. The van der Waals surface area contributed by atoms with Gasteiger partial charge in [-0.05, 0) is 62.4 Å². The van der Waals surface area contributed by atoms with Gasteiger partial charge in [0, 0.05) is 17.8 Å². The molecule has 2 amide bonds. The van der Waals surface area contributed by atoms with Crippen molar-refractivity contribution in [3.8, 4) is 5.75 Å². The second kappa shape index (κ2) is 12.0. The number of rotatable bonds is 11. The SMILES string of the molecule is C=CCn1c(SCC(=O)Nc2ccc(OCC)cc2)nnc1[C@H](C)NC(=O)c1ccc(F)cc1. The van der Waals surface area contributed by atoms with Gasteiger partial charge in [0.1, 0.15) is 11.6 Å². The number of hydrogen-bond acceptors (Lipinski definition) is 6. The fourth-order valence-electron chi connectivity index (χ4n) is 3.10. The first kappa shape index (κ1) is 25.0. The minimum Gasteiger partial charge on any atom is -0.494 e. The minimum atomic E-state index is -0.475. The van der Waals surface area contributed by atoms with E-state index in [1.807, 2.05) is 6.92 Å². The fourth-order valence-corrected chi connectivity index (χ4v) is 3.86. The fraction of sp³-hybridized carbons (Fsp3) is 0.250. The van der Waals surface area contributed by atoms with Crippen LogP contribution >= 0.6 is 11.8 Å². The molecule has 3 aromatic rings. The van der Waals surface area contributed by atoms with Gasteiger partial charge in [0.2, 0.25) is 5.91 Å². The lowest BCUT2D eigenvalue weighted by atomic mass is 10.2. The maximum Gasteiger partial charge on any atom is 0.251 e. The zero-order chi connectivity index (χ0) is 24.5. The van der Waals surface area contributed by atoms with Crippen molar-refractivity contribution in [3.63, 3.8) is 0 Å². The molecule has 0 spiro atoms. The summed E-state index contributed by atoms with van der Waals surface area (Å²) in [5, 5.41) is 14.6. The Labute approximate surface area is 201 Å². The zero-order valence-corrected chi connectivity index (χ0v) is 19.8. The summed E-state index contributed by atoms with van der Waals surface area (Å²) in [5.41, 5.74) is 1.00. The Balaban J connectivity index is 1.62. The lowest BCUT2D eigenvalue weighted by Crippen LogP contribution is -2.28. The Morgan fingerprint density at radius 1 is 1.18 bits per heavy atom. The van der Waals surface area contributed by atoms with E-state index in [0.29, 0.717) is 35.4 Å². The Kier molecular flexibility index (Phi) is 8.80. The molecule has 0 radical (unpaired) electrons. The molecule has 2 N–H and O–H groups in total. The largest absolute Gasteiger partial charge is 0.494 e. The van der Waals surface area contributed by atoms with E-state index in [1.165, 1.54) is 36.0 Å². The van der Waals surface area contributed by atoms with Crippen LogP contribution in [0.4, 0.5) is 10.1 Å². The summed E-state index contributed by atoms with van der Waals surface area (Å²) in [4.78, 5) is 24.9. The van der Waals surface area contributed by atoms with Crippen LogP contribution < -0.4 is 15.4 Å². The Hall–Kier alpha value is -3.66. The maximum atomic E-state index is 13.1. The lowest BCUT2D eigenvalue weighted by Gasteiger charge is -2.15. The maximum absolute atomic E-state index is 13.1. The van der Waals surface area contributed by atoms with E-state index in [4.69, 9.17) is 4.74 Å². The third-order valence-electron chi connectivity index (χ3n) is 4.68. The minimum absolute atomic E-state index is 0.124. The number of thioether (sulfide) groups is 1. The van der Waals surface area contributed by atoms with Gasteiger partial charge in [0.05, 0.1) is 18.4 Å². The number of nitrogens with zero attached hydrogens (tertiary/aromatic N) is 3. The van der Waals surface area contributed by atoms with Gasteiger partial charge >= 0.3 is 0 Å². The van der Waals surface area contributed by atoms with Crippen molar-refractivity contribution in [1.29, 1.82) is 0 Å². The van der Waals surface area contributed by atoms with Gasteiger partial charge in [-0.1, -0.05) is 17.8 Å². The van der Waals surface area contributed by atoms with Crippen molar-refractivity contribution in [1.82, 2.24) is 20.1 Å². The zero-order valence-electron chi connectivity index (χ0n) is 19.0. The van der Waals surface area contributed by atoms with Crippen molar-refractivity contribution in [2.75, 3.05) is 17.7 Å². The number of ether oxygens (including phenoxy) is 1. The van der Waals surface area contributed by atoms with E-state index in [2.05, 4.69) is 27.4 Å². The van der Waals surface area contributed by atoms with Crippen molar-refractivity contribution in [3.05, 3.63) is 78.4 Å². The Morgan fingerprint density at radius 3 is 2.53 bits per heavy atom. The summed E-state index contributed by atoms with van der Waals surface area (Å²) in [6, 6.07) is 11.9. The molecule has 0 bridgehead atoms. The average Bonchev–Trinajstić information content (AvgIpc) is 3.22. The molecule has 2 aromatic carbocycles. The molecule has 0 saturated heterocycles. The highest BCUT2D eigenvalue weighted by Gasteiger charge is 2.20. The number of carbonyl (C=O) groups is 2. The van der Waals surface area contributed by atoms with Gasteiger partial charge in [-0.3, -0.25) is 9.59 Å². The predicted molar refractivity (Wildman–Crippen MR) is 129 cm³/mol. The standard InChI is InChI=1S/C24H26FN5O3S/c1-4-14-30-22(16(3)26-23(32)17-6-8-18(25)9-7-17)28-29-24(30)34-15-21(31)27-19-10-12-20(13-11-19)33-5-2/h4,6-13,16H,1,5,14-15H2,2-3H3,(H,26,32)(H,27,31)/t16-/m0/s1. The third kappa shape index (κ3) is 6.67. The van der Waals surface area contributed by atoms with Crippen LogP contribution in [0.2, 0.25) is 0 Å². The molecule has 3 rings (SSSR count). The molecule has 0 aliphatic rings. The summed E-state index contributed by atoms with van der Waals surface area (Å²) in [7, 11) is 0. The summed E-state index contributed by atoms with van der Waals surface area (Å²) >= 11 is 1.23. The van der Waals surface area contributed by atoms with Crippen molar-refractivity contribution in [2.45, 2.75) is 31.6 Å². The molecule has 178 valence electrons. The van der Waals surface area contributed by atoms with Crippen molar-refractivity contribution < 1.29 is 18.7 Å². The highest BCUT2D eigenvalue weighted by atomic mass is 32.2. The van der Waals surface area contributed by atoms with Gasteiger partial charge in [0.15, 0.2) is 11.0 Å². The molecule has 1 atom stereocenters. The molecule has 0 fully saturated rings. The van der Waals surface area contributed by atoms with Crippen LogP contribution in [0.15, 0.2) is 66.3 Å². The first-order valence-corrected chi connectivity index (χ1v) is 11.7. The number of carbonyl (C=O) groups excluding carboxylic acids is 2. The highest BCUT2D eigenvalue weighted by molar-refractivity contribution is 7.99. The topological polar surface area (TPSA) is 98.1 Å². The smallest absolute Gasteiger partial charge is 0.251 e. The summed E-state index contributed by atoms with van der Waals surface area (Å²) in [6.45, 7) is 8.43. The van der Waals surface area contributed by atoms with E-state index in [9.17, 15) is 14.0 Å². The highest BCUT2D eigenvalue weighted by Crippen LogP contribution is 2.22. The number of amides is 2. The second-order valence-electron chi connectivity index (χ2n) is 7.24. The van der Waals surface area contributed by atoms with E-state index < -0.39 is 11.9 Å². The molecule has 1 aromatic heterocycles. The van der Waals surface area contributed by atoms with E-state index in [-0.39, 0.29) is 17.6 Å². The molecule has 8 nitrogen and oxygen atoms in total. The molecular formula is C24H26FN5O3S. The summed E-state index contributed by atoms with van der Waals surface area (Å²) in [6.07, 6.45) is 1.69. The molecule has 10 heteroatoms. The van der Waals surface area contributed by atoms with Gasteiger partial charge in [0.25, 0.3) is 5.91 Å². The lowest BCUT2D eigenvalue weighted by molar-refractivity contribution is -0.113. The number of hydrogen-bond donors (Lipinski definition) is 2. The van der Waals surface area contributed by atoms with E-state index in [0.717, 1.165) is 5.75 Å². The van der Waals surface area contributed by atoms with Crippen LogP contribution in [0.1, 0.15) is 36.1 Å². The monoisotopic (exact) mass is 483 g/mol. The Bertz CT molecular complexity index is 1130. The van der Waals surface area contributed by atoms with Crippen LogP contribution in [0, 0.1) is 5.82 Å². The number of halogens is 1. The quantitative estimate of drug-likeness (QED) is 0.313. The van der Waals surface area contributed by atoms with Crippen molar-refractivity contribution >= 4 is 29.3 Å². The van der Waals surface area contributed by atoms with Crippen LogP contribution in [-0.2, 0) is 11.3 Å². The normalized spacial score (nSPS) is 11.5. The van der Waals surface area contributed by atoms with Gasteiger partial charge < -0.3 is 19.9 Å². The number of benzene rings is 2. The van der Waals surface area contributed by atoms with E-state index >= 15 is 0 Å². The summed E-state index contributed by atoms with van der Waals surface area (Å²) < 4.78 is 20.3. The van der Waals surface area contributed by atoms with Gasteiger partial charge in [-0.25, -0.2) is 4.39 Å². The molecule has 1 heterocycles. The van der Waals surface area contributed by atoms with Gasteiger partial charge in [-0.15, -0.1) is 16.8 Å². The van der Waals surface area contributed by atoms with Crippen LogP contribution in [-0.4, -0.2) is 38.9 Å². The molecule has 34 heavy (non-hydrogen) atoms. The first-order chi connectivity index (χ1) is 16.4. The number of aromatic nitrogens is 3. The third-order valence-corrected chi connectivity index (χ3v) is 5.65.